The number of rotatable bonds is 5. The van der Waals surface area contributed by atoms with Crippen LogP contribution in [0.25, 0.3) is 5.69 Å². The second-order valence-electron chi connectivity index (χ2n) is 5.51. The van der Waals surface area contributed by atoms with Gasteiger partial charge in [-0.1, -0.05) is 18.2 Å². The first-order valence-electron chi connectivity index (χ1n) is 7.25. The molecule has 1 aliphatic carbocycles. The van der Waals surface area contributed by atoms with Gasteiger partial charge in [0.2, 0.25) is 0 Å². The van der Waals surface area contributed by atoms with E-state index in [9.17, 15) is 9.59 Å². The van der Waals surface area contributed by atoms with Crippen molar-refractivity contribution in [2.24, 2.45) is 0 Å². The Morgan fingerprint density at radius 1 is 1.32 bits per heavy atom. The van der Waals surface area contributed by atoms with Gasteiger partial charge >= 0.3 is 5.97 Å². The van der Waals surface area contributed by atoms with Crippen molar-refractivity contribution in [2.45, 2.75) is 31.7 Å². The van der Waals surface area contributed by atoms with Gasteiger partial charge in [0.15, 0.2) is 0 Å². The molecule has 0 saturated heterocycles. The monoisotopic (exact) mass is 299 g/mol. The number of carbonyl (C=O) groups is 2. The number of para-hydroxylation sites is 1. The van der Waals surface area contributed by atoms with E-state index in [-0.39, 0.29) is 0 Å². The van der Waals surface area contributed by atoms with Crippen LogP contribution < -0.4 is 5.32 Å². The van der Waals surface area contributed by atoms with E-state index in [0.29, 0.717) is 11.6 Å². The fraction of sp³-hybridized carbons (Fsp3) is 0.312. The van der Waals surface area contributed by atoms with Crippen LogP contribution in [0.1, 0.15) is 41.9 Å². The van der Waals surface area contributed by atoms with Gasteiger partial charge in [0.25, 0.3) is 5.91 Å². The summed E-state index contributed by atoms with van der Waals surface area (Å²) in [7, 11) is 0. The summed E-state index contributed by atoms with van der Waals surface area (Å²) in [6, 6.07) is 10.2. The fourth-order valence-corrected chi connectivity index (χ4v) is 2.24. The summed E-state index contributed by atoms with van der Waals surface area (Å²) in [6.07, 6.45) is 2.16. The molecular weight excluding hydrogens is 282 g/mol. The standard InChI is InChI=1S/C16H17N3O3/c1-10(16(21)22)17-15(20)14-9-13(11-7-8-11)18-19(14)12-5-3-2-4-6-12/h2-6,9-11H,7-8H2,1H3,(H,17,20)(H,21,22)/t10-/m0/s1. The zero-order valence-electron chi connectivity index (χ0n) is 12.2. The summed E-state index contributed by atoms with van der Waals surface area (Å²) in [5, 5.41) is 15.9. The maximum atomic E-state index is 12.4. The highest BCUT2D eigenvalue weighted by molar-refractivity contribution is 5.95. The largest absolute Gasteiger partial charge is 0.480 e. The molecule has 0 unspecified atom stereocenters. The first-order valence-corrected chi connectivity index (χ1v) is 7.25. The third-order valence-corrected chi connectivity index (χ3v) is 3.68. The van der Waals surface area contributed by atoms with E-state index in [1.54, 1.807) is 10.7 Å². The van der Waals surface area contributed by atoms with E-state index in [1.807, 2.05) is 30.3 Å². The lowest BCUT2D eigenvalue weighted by Gasteiger charge is -2.10. The van der Waals surface area contributed by atoms with Gasteiger partial charge in [0.05, 0.1) is 11.4 Å². The van der Waals surface area contributed by atoms with Crippen molar-refractivity contribution in [3.63, 3.8) is 0 Å². The van der Waals surface area contributed by atoms with Gasteiger partial charge < -0.3 is 10.4 Å². The average Bonchev–Trinajstić information content (AvgIpc) is 3.26. The number of aromatic nitrogens is 2. The Bertz CT molecular complexity index is 705. The molecule has 1 saturated carbocycles. The molecule has 1 aromatic heterocycles. The predicted molar refractivity (Wildman–Crippen MR) is 80.1 cm³/mol. The van der Waals surface area contributed by atoms with E-state index in [0.717, 1.165) is 24.2 Å². The number of carboxylic acids is 1. The number of nitrogens with zero attached hydrogens (tertiary/aromatic N) is 2. The highest BCUT2D eigenvalue weighted by Crippen LogP contribution is 2.39. The first kappa shape index (κ1) is 14.3. The molecule has 1 heterocycles. The van der Waals surface area contributed by atoms with E-state index in [1.165, 1.54) is 6.92 Å². The van der Waals surface area contributed by atoms with Crippen molar-refractivity contribution in [1.29, 1.82) is 0 Å². The maximum Gasteiger partial charge on any atom is 0.325 e. The number of hydrogen-bond donors (Lipinski definition) is 2. The number of aliphatic carboxylic acids is 1. The number of carbonyl (C=O) groups excluding carboxylic acids is 1. The Kier molecular flexibility index (Phi) is 3.66. The molecule has 22 heavy (non-hydrogen) atoms. The minimum atomic E-state index is -1.07. The molecule has 6 nitrogen and oxygen atoms in total. The van der Waals surface area contributed by atoms with Crippen LogP contribution in [-0.4, -0.2) is 32.8 Å². The third kappa shape index (κ3) is 2.86. The van der Waals surface area contributed by atoms with E-state index < -0.39 is 17.9 Å². The molecule has 3 rings (SSSR count). The van der Waals surface area contributed by atoms with Gasteiger partial charge in [0.1, 0.15) is 11.7 Å². The molecule has 2 N–H and O–H groups in total. The molecule has 1 amide bonds. The minimum absolute atomic E-state index is 0.362. The molecule has 1 atom stereocenters. The number of nitrogens with one attached hydrogen (secondary N) is 1. The first-order chi connectivity index (χ1) is 10.6. The van der Waals surface area contributed by atoms with E-state index in [2.05, 4.69) is 10.4 Å². The normalized spacial score (nSPS) is 15.3. The number of benzene rings is 1. The molecule has 6 heteroatoms. The number of amides is 1. The van der Waals surface area contributed by atoms with Gasteiger partial charge in [-0.2, -0.15) is 5.10 Å². The average molecular weight is 299 g/mol. The SMILES string of the molecule is C[C@H](NC(=O)c1cc(C2CC2)nn1-c1ccccc1)C(=O)O. The van der Waals surface area contributed by atoms with Crippen molar-refractivity contribution in [3.8, 4) is 5.69 Å². The van der Waals surface area contributed by atoms with Crippen molar-refractivity contribution in [3.05, 3.63) is 47.8 Å². The van der Waals surface area contributed by atoms with Gasteiger partial charge in [-0.15, -0.1) is 0 Å². The lowest BCUT2D eigenvalue weighted by Crippen LogP contribution is -2.39. The van der Waals surface area contributed by atoms with Crippen LogP contribution in [0.2, 0.25) is 0 Å². The quantitative estimate of drug-likeness (QED) is 0.884. The van der Waals surface area contributed by atoms with Crippen LogP contribution in [0, 0.1) is 0 Å². The Morgan fingerprint density at radius 3 is 2.59 bits per heavy atom. The van der Waals surface area contributed by atoms with Crippen LogP contribution in [-0.2, 0) is 4.79 Å². The van der Waals surface area contributed by atoms with Crippen LogP contribution in [0.5, 0.6) is 0 Å². The summed E-state index contributed by atoms with van der Waals surface area (Å²) in [5.41, 5.74) is 2.03. The highest BCUT2D eigenvalue weighted by atomic mass is 16.4. The van der Waals surface area contributed by atoms with Crippen LogP contribution in [0.15, 0.2) is 36.4 Å². The second kappa shape index (κ2) is 5.63. The Labute approximate surface area is 127 Å². The molecule has 0 aliphatic heterocycles. The smallest absolute Gasteiger partial charge is 0.325 e. The molecule has 1 aromatic carbocycles. The summed E-state index contributed by atoms with van der Waals surface area (Å²) in [4.78, 5) is 23.3. The van der Waals surface area contributed by atoms with Crippen LogP contribution in [0.4, 0.5) is 0 Å². The summed E-state index contributed by atoms with van der Waals surface area (Å²) >= 11 is 0. The van der Waals surface area contributed by atoms with Crippen molar-refractivity contribution in [1.82, 2.24) is 15.1 Å². The Balaban J connectivity index is 1.95. The lowest BCUT2D eigenvalue weighted by atomic mass is 10.2. The van der Waals surface area contributed by atoms with Gasteiger partial charge in [-0.3, -0.25) is 9.59 Å². The van der Waals surface area contributed by atoms with Crippen molar-refractivity contribution >= 4 is 11.9 Å². The van der Waals surface area contributed by atoms with Crippen LogP contribution >= 0.6 is 0 Å². The van der Waals surface area contributed by atoms with Gasteiger partial charge in [-0.25, -0.2) is 4.68 Å². The fourth-order valence-electron chi connectivity index (χ4n) is 2.24. The van der Waals surface area contributed by atoms with E-state index >= 15 is 0 Å². The predicted octanol–water partition coefficient (Wildman–Crippen LogP) is 1.95. The molecule has 114 valence electrons. The molecule has 0 spiro atoms. The van der Waals surface area contributed by atoms with Crippen molar-refractivity contribution < 1.29 is 14.7 Å². The summed E-state index contributed by atoms with van der Waals surface area (Å²) in [6.45, 7) is 1.44. The molecule has 1 fully saturated rings. The molecule has 2 aromatic rings. The van der Waals surface area contributed by atoms with Crippen molar-refractivity contribution in [2.75, 3.05) is 0 Å². The maximum absolute atomic E-state index is 12.4. The van der Waals surface area contributed by atoms with Gasteiger partial charge in [0, 0.05) is 5.92 Å². The van der Waals surface area contributed by atoms with Crippen LogP contribution in [0.3, 0.4) is 0 Å². The topological polar surface area (TPSA) is 84.2 Å². The zero-order valence-corrected chi connectivity index (χ0v) is 12.2. The Hall–Kier alpha value is -2.63. The number of carboxylic acid groups (broad SMARTS) is 1. The second-order valence-corrected chi connectivity index (χ2v) is 5.51. The lowest BCUT2D eigenvalue weighted by molar-refractivity contribution is -0.138. The zero-order chi connectivity index (χ0) is 15.7. The van der Waals surface area contributed by atoms with E-state index in [4.69, 9.17) is 5.11 Å². The number of hydrogen-bond acceptors (Lipinski definition) is 3. The molecule has 1 aliphatic rings. The molecule has 0 radical (unpaired) electrons. The Morgan fingerprint density at radius 2 is 2.00 bits per heavy atom. The molecule has 0 bridgehead atoms. The minimum Gasteiger partial charge on any atom is -0.480 e. The highest BCUT2D eigenvalue weighted by Gasteiger charge is 2.29. The van der Waals surface area contributed by atoms with Gasteiger partial charge in [-0.05, 0) is 38.0 Å². The molecular formula is C16H17N3O3. The summed E-state index contributed by atoms with van der Waals surface area (Å²) < 4.78 is 1.58. The third-order valence-electron chi connectivity index (χ3n) is 3.68. The summed E-state index contributed by atoms with van der Waals surface area (Å²) in [5.74, 6) is -1.09.